The highest BCUT2D eigenvalue weighted by atomic mass is 35.5. The van der Waals surface area contributed by atoms with Crippen LogP contribution in [-0.2, 0) is 5.54 Å². The molecule has 2 aromatic rings. The number of benzene rings is 1. The number of halogens is 1. The van der Waals surface area contributed by atoms with Gasteiger partial charge in [0.2, 0.25) is 0 Å². The zero-order valence-electron chi connectivity index (χ0n) is 11.4. The van der Waals surface area contributed by atoms with Crippen LogP contribution >= 0.6 is 11.6 Å². The van der Waals surface area contributed by atoms with Gasteiger partial charge >= 0.3 is 0 Å². The molecule has 0 unspecified atom stereocenters. The smallest absolute Gasteiger partial charge is 0.158 e. The van der Waals surface area contributed by atoms with E-state index >= 15 is 0 Å². The van der Waals surface area contributed by atoms with E-state index in [1.165, 1.54) is 0 Å². The summed E-state index contributed by atoms with van der Waals surface area (Å²) in [5, 5.41) is 9.41. The Morgan fingerprint density at radius 2 is 1.79 bits per heavy atom. The van der Waals surface area contributed by atoms with Gasteiger partial charge in [-0.3, -0.25) is 9.47 Å². The van der Waals surface area contributed by atoms with Crippen LogP contribution in [0.25, 0.3) is 5.69 Å². The van der Waals surface area contributed by atoms with Crippen molar-refractivity contribution in [3.8, 4) is 5.69 Å². The summed E-state index contributed by atoms with van der Waals surface area (Å²) in [4.78, 5) is 2.24. The lowest BCUT2D eigenvalue weighted by Crippen LogP contribution is -2.30. The predicted molar refractivity (Wildman–Crippen MR) is 75.7 cm³/mol. The molecule has 0 aliphatic heterocycles. The molecule has 1 aromatic heterocycles. The zero-order chi connectivity index (χ0) is 13.6. The van der Waals surface area contributed by atoms with Gasteiger partial charge in [0.05, 0.1) is 5.54 Å². The highest BCUT2D eigenvalue weighted by molar-refractivity contribution is 6.30. The molecule has 0 amide bonds. The van der Waals surface area contributed by atoms with Crippen LogP contribution in [0.2, 0.25) is 5.02 Å². The minimum Gasteiger partial charge on any atom is -0.297 e. The maximum absolute atomic E-state index is 5.96. The van der Waals surface area contributed by atoms with Gasteiger partial charge in [0.15, 0.2) is 5.82 Å². The molecule has 0 saturated heterocycles. The topological polar surface area (TPSA) is 34.0 Å². The van der Waals surface area contributed by atoms with E-state index in [1.807, 2.05) is 31.2 Å². The zero-order valence-corrected chi connectivity index (χ0v) is 12.1. The van der Waals surface area contributed by atoms with Crippen LogP contribution in [0.4, 0.5) is 0 Å². The Balaban J connectivity index is 2.12. The fourth-order valence-electron chi connectivity index (χ4n) is 2.55. The van der Waals surface area contributed by atoms with E-state index in [0.29, 0.717) is 0 Å². The molecule has 1 aromatic carbocycles. The molecule has 1 aliphatic carbocycles. The molecule has 0 atom stereocenters. The van der Waals surface area contributed by atoms with Crippen LogP contribution in [-0.4, -0.2) is 33.8 Å². The largest absolute Gasteiger partial charge is 0.297 e. The lowest BCUT2D eigenvalue weighted by molar-refractivity contribution is 0.259. The van der Waals surface area contributed by atoms with Crippen LogP contribution in [0, 0.1) is 6.92 Å². The lowest BCUT2D eigenvalue weighted by atomic mass is 10.2. The van der Waals surface area contributed by atoms with Crippen molar-refractivity contribution in [2.75, 3.05) is 14.1 Å². The van der Waals surface area contributed by atoms with E-state index < -0.39 is 0 Å². The van der Waals surface area contributed by atoms with Crippen LogP contribution in [0.15, 0.2) is 24.3 Å². The quantitative estimate of drug-likeness (QED) is 0.864. The van der Waals surface area contributed by atoms with E-state index in [4.69, 9.17) is 11.6 Å². The Labute approximate surface area is 118 Å². The molecule has 1 saturated carbocycles. The summed E-state index contributed by atoms with van der Waals surface area (Å²) in [6.45, 7) is 1.98. The molecule has 0 spiro atoms. The molecular weight excluding hydrogens is 260 g/mol. The van der Waals surface area contributed by atoms with E-state index in [9.17, 15) is 0 Å². The van der Waals surface area contributed by atoms with Gasteiger partial charge in [-0.05, 0) is 58.1 Å². The van der Waals surface area contributed by atoms with Gasteiger partial charge in [-0.25, -0.2) is 0 Å². The van der Waals surface area contributed by atoms with E-state index in [0.717, 1.165) is 35.2 Å². The molecule has 0 radical (unpaired) electrons. The van der Waals surface area contributed by atoms with Gasteiger partial charge in [-0.1, -0.05) is 11.6 Å². The van der Waals surface area contributed by atoms with Crippen molar-refractivity contribution in [1.29, 1.82) is 0 Å². The summed E-state index contributed by atoms with van der Waals surface area (Å²) in [5.74, 6) is 1.93. The number of aryl methyl sites for hydroxylation is 1. The summed E-state index contributed by atoms with van der Waals surface area (Å²) in [6, 6.07) is 7.81. The maximum atomic E-state index is 5.96. The first-order valence-electron chi connectivity index (χ1n) is 6.40. The molecule has 1 aliphatic rings. The van der Waals surface area contributed by atoms with E-state index in [2.05, 4.69) is 33.8 Å². The average Bonchev–Trinajstić information content (AvgIpc) is 3.10. The van der Waals surface area contributed by atoms with Crippen molar-refractivity contribution in [2.24, 2.45) is 0 Å². The summed E-state index contributed by atoms with van der Waals surface area (Å²) in [7, 11) is 4.20. The molecule has 100 valence electrons. The van der Waals surface area contributed by atoms with Crippen molar-refractivity contribution >= 4 is 11.6 Å². The van der Waals surface area contributed by atoms with Gasteiger partial charge in [0.1, 0.15) is 5.82 Å². The van der Waals surface area contributed by atoms with Crippen molar-refractivity contribution in [2.45, 2.75) is 25.3 Å². The van der Waals surface area contributed by atoms with E-state index in [-0.39, 0.29) is 5.54 Å². The summed E-state index contributed by atoms with van der Waals surface area (Å²) < 4.78 is 2.13. The van der Waals surface area contributed by atoms with Crippen molar-refractivity contribution < 1.29 is 0 Å². The molecule has 1 fully saturated rings. The second kappa shape index (κ2) is 4.32. The second-order valence-corrected chi connectivity index (χ2v) is 5.75. The van der Waals surface area contributed by atoms with Crippen LogP contribution in [0.1, 0.15) is 24.5 Å². The van der Waals surface area contributed by atoms with Crippen LogP contribution < -0.4 is 0 Å². The molecule has 0 N–H and O–H groups in total. The Morgan fingerprint density at radius 1 is 1.16 bits per heavy atom. The Hall–Kier alpha value is -1.39. The van der Waals surface area contributed by atoms with Crippen LogP contribution in [0.5, 0.6) is 0 Å². The van der Waals surface area contributed by atoms with Crippen molar-refractivity contribution in [3.63, 3.8) is 0 Å². The lowest BCUT2D eigenvalue weighted by Gasteiger charge is -2.23. The molecule has 3 rings (SSSR count). The third kappa shape index (κ3) is 1.95. The first kappa shape index (κ1) is 12.6. The van der Waals surface area contributed by atoms with Crippen molar-refractivity contribution in [3.05, 3.63) is 40.9 Å². The summed E-state index contributed by atoms with van der Waals surface area (Å²) in [5.41, 5.74) is 1.11. The maximum Gasteiger partial charge on any atom is 0.158 e. The molecule has 0 bridgehead atoms. The fraction of sp³-hybridized carbons (Fsp3) is 0.429. The third-order valence-corrected chi connectivity index (χ3v) is 4.16. The molecular formula is C14H17ClN4. The Bertz CT molecular complexity index is 596. The number of hydrogen-bond acceptors (Lipinski definition) is 3. The summed E-state index contributed by atoms with van der Waals surface area (Å²) in [6.07, 6.45) is 2.26. The number of nitrogens with zero attached hydrogens (tertiary/aromatic N) is 4. The number of rotatable bonds is 3. The first-order valence-corrected chi connectivity index (χ1v) is 6.78. The van der Waals surface area contributed by atoms with Crippen LogP contribution in [0.3, 0.4) is 0 Å². The van der Waals surface area contributed by atoms with Crippen molar-refractivity contribution in [1.82, 2.24) is 19.7 Å². The highest BCUT2D eigenvalue weighted by Crippen LogP contribution is 2.49. The Kier molecular flexibility index (Phi) is 2.87. The Morgan fingerprint density at radius 3 is 2.32 bits per heavy atom. The van der Waals surface area contributed by atoms with E-state index in [1.54, 1.807) is 0 Å². The predicted octanol–water partition coefficient (Wildman–Crippen LogP) is 2.78. The van der Waals surface area contributed by atoms with Gasteiger partial charge < -0.3 is 0 Å². The van der Waals surface area contributed by atoms with Gasteiger partial charge in [-0.2, -0.15) is 0 Å². The molecule has 1 heterocycles. The van der Waals surface area contributed by atoms with Gasteiger partial charge in [0.25, 0.3) is 0 Å². The SMILES string of the molecule is Cc1nnc(C2(N(C)C)CC2)n1-c1ccc(Cl)cc1. The highest BCUT2D eigenvalue weighted by Gasteiger charge is 2.50. The normalized spacial score (nSPS) is 16.9. The molecule has 5 heteroatoms. The summed E-state index contributed by atoms with van der Waals surface area (Å²) >= 11 is 5.96. The monoisotopic (exact) mass is 276 g/mol. The number of hydrogen-bond donors (Lipinski definition) is 0. The van der Waals surface area contributed by atoms with Gasteiger partial charge in [0, 0.05) is 10.7 Å². The third-order valence-electron chi connectivity index (χ3n) is 3.91. The fourth-order valence-corrected chi connectivity index (χ4v) is 2.68. The minimum absolute atomic E-state index is 0.0426. The van der Waals surface area contributed by atoms with Gasteiger partial charge in [-0.15, -0.1) is 10.2 Å². The first-order chi connectivity index (χ1) is 9.04. The second-order valence-electron chi connectivity index (χ2n) is 5.31. The standard InChI is InChI=1S/C14H17ClN4/c1-10-16-17-13(14(8-9-14)18(2)3)19(10)12-6-4-11(15)5-7-12/h4-7H,8-9H2,1-3H3. The number of aromatic nitrogens is 3. The average molecular weight is 277 g/mol. The molecule has 19 heavy (non-hydrogen) atoms. The molecule has 4 nitrogen and oxygen atoms in total. The minimum atomic E-state index is 0.0426.